The maximum absolute atomic E-state index is 14.3. The number of alkyl halides is 3. The van der Waals surface area contributed by atoms with Crippen molar-refractivity contribution in [1.29, 1.82) is 0 Å². The SMILES string of the molecule is CC[C@H](C)c1cc(C(F)(F)F)ccc1-c1cc(C(C)C)c(F)cc1OC. The molecule has 0 saturated carbocycles. The van der Waals surface area contributed by atoms with E-state index >= 15 is 0 Å². The lowest BCUT2D eigenvalue weighted by Gasteiger charge is -2.21. The Balaban J connectivity index is 2.76. The molecule has 1 nitrogen and oxygen atoms in total. The van der Waals surface area contributed by atoms with Gasteiger partial charge in [-0.2, -0.15) is 13.2 Å². The van der Waals surface area contributed by atoms with Crippen molar-refractivity contribution in [2.45, 2.75) is 52.1 Å². The molecular formula is C21H24F4O. The van der Waals surface area contributed by atoms with Crippen molar-refractivity contribution in [3.05, 3.63) is 52.8 Å². The molecule has 0 heterocycles. The van der Waals surface area contributed by atoms with Crippen LogP contribution >= 0.6 is 0 Å². The van der Waals surface area contributed by atoms with Gasteiger partial charge in [-0.3, -0.25) is 0 Å². The van der Waals surface area contributed by atoms with E-state index in [0.29, 0.717) is 34.4 Å². The van der Waals surface area contributed by atoms with Crippen molar-refractivity contribution < 1.29 is 22.3 Å². The molecule has 1 atom stereocenters. The number of ether oxygens (including phenoxy) is 1. The van der Waals surface area contributed by atoms with Crippen LogP contribution in [-0.2, 0) is 6.18 Å². The molecule has 0 saturated heterocycles. The summed E-state index contributed by atoms with van der Waals surface area (Å²) >= 11 is 0. The van der Waals surface area contributed by atoms with Crippen molar-refractivity contribution in [1.82, 2.24) is 0 Å². The van der Waals surface area contributed by atoms with Gasteiger partial charge in [-0.15, -0.1) is 0 Å². The Kier molecular flexibility index (Phi) is 5.99. The Morgan fingerprint density at radius 1 is 0.962 bits per heavy atom. The molecule has 2 rings (SSSR count). The Hall–Kier alpha value is -2.04. The van der Waals surface area contributed by atoms with Gasteiger partial charge in [0.2, 0.25) is 0 Å². The first-order valence-corrected chi connectivity index (χ1v) is 8.69. The van der Waals surface area contributed by atoms with Gasteiger partial charge in [0.05, 0.1) is 12.7 Å². The lowest BCUT2D eigenvalue weighted by atomic mass is 9.87. The van der Waals surface area contributed by atoms with Crippen molar-refractivity contribution in [3.63, 3.8) is 0 Å². The smallest absolute Gasteiger partial charge is 0.416 e. The minimum absolute atomic E-state index is 0.0545. The van der Waals surface area contributed by atoms with Crippen LogP contribution in [0.3, 0.4) is 0 Å². The molecule has 2 aromatic rings. The zero-order chi connectivity index (χ0) is 19.6. The first-order chi connectivity index (χ1) is 12.1. The van der Waals surface area contributed by atoms with Crippen LogP contribution in [0.5, 0.6) is 5.75 Å². The molecule has 0 aliphatic rings. The third-order valence-corrected chi connectivity index (χ3v) is 4.75. The third kappa shape index (κ3) is 4.02. The molecule has 0 unspecified atom stereocenters. The second-order valence-corrected chi connectivity index (χ2v) is 6.84. The summed E-state index contributed by atoms with van der Waals surface area (Å²) in [5, 5.41) is 0. The molecule has 0 aliphatic heterocycles. The quantitative estimate of drug-likeness (QED) is 0.509. The van der Waals surface area contributed by atoms with Gasteiger partial charge < -0.3 is 4.74 Å². The molecule has 0 amide bonds. The van der Waals surface area contributed by atoms with E-state index in [4.69, 9.17) is 4.74 Å². The van der Waals surface area contributed by atoms with Crippen molar-refractivity contribution >= 4 is 0 Å². The minimum Gasteiger partial charge on any atom is -0.496 e. The number of rotatable bonds is 5. The molecular weight excluding hydrogens is 344 g/mol. The average molecular weight is 368 g/mol. The van der Waals surface area contributed by atoms with Gasteiger partial charge in [0.15, 0.2) is 0 Å². The first-order valence-electron chi connectivity index (χ1n) is 8.69. The molecule has 26 heavy (non-hydrogen) atoms. The predicted molar refractivity (Wildman–Crippen MR) is 96.2 cm³/mol. The van der Waals surface area contributed by atoms with Crippen LogP contribution in [0.1, 0.15) is 62.6 Å². The van der Waals surface area contributed by atoms with Gasteiger partial charge in [-0.1, -0.05) is 33.8 Å². The van der Waals surface area contributed by atoms with E-state index in [9.17, 15) is 17.6 Å². The zero-order valence-corrected chi connectivity index (χ0v) is 15.7. The first kappa shape index (κ1) is 20.3. The summed E-state index contributed by atoms with van der Waals surface area (Å²) in [7, 11) is 1.43. The van der Waals surface area contributed by atoms with E-state index in [0.717, 1.165) is 6.07 Å². The average Bonchev–Trinajstić information content (AvgIpc) is 2.59. The molecule has 0 spiro atoms. The summed E-state index contributed by atoms with van der Waals surface area (Å²) < 4.78 is 59.1. The van der Waals surface area contributed by atoms with Gasteiger partial charge in [0.1, 0.15) is 11.6 Å². The summed E-state index contributed by atoms with van der Waals surface area (Å²) in [4.78, 5) is 0. The Morgan fingerprint density at radius 3 is 2.12 bits per heavy atom. The molecule has 5 heteroatoms. The summed E-state index contributed by atoms with van der Waals surface area (Å²) in [6.45, 7) is 7.56. The molecule has 0 aliphatic carbocycles. The zero-order valence-electron chi connectivity index (χ0n) is 15.7. The van der Waals surface area contributed by atoms with Gasteiger partial charge >= 0.3 is 6.18 Å². The molecule has 0 fully saturated rings. The van der Waals surface area contributed by atoms with E-state index < -0.39 is 11.7 Å². The summed E-state index contributed by atoms with van der Waals surface area (Å²) in [5.74, 6) is -0.195. The van der Waals surface area contributed by atoms with E-state index in [-0.39, 0.29) is 17.7 Å². The van der Waals surface area contributed by atoms with Gasteiger partial charge in [0.25, 0.3) is 0 Å². The normalized spacial score (nSPS) is 13.2. The maximum atomic E-state index is 14.3. The molecule has 142 valence electrons. The Bertz CT molecular complexity index is 778. The van der Waals surface area contributed by atoms with Crippen LogP contribution < -0.4 is 4.74 Å². The number of benzene rings is 2. The maximum Gasteiger partial charge on any atom is 0.416 e. The van der Waals surface area contributed by atoms with E-state index in [1.165, 1.54) is 25.3 Å². The third-order valence-electron chi connectivity index (χ3n) is 4.75. The second-order valence-electron chi connectivity index (χ2n) is 6.84. The van der Waals surface area contributed by atoms with Crippen LogP contribution in [0.4, 0.5) is 17.6 Å². The van der Waals surface area contributed by atoms with Crippen molar-refractivity contribution in [2.75, 3.05) is 7.11 Å². The summed E-state index contributed by atoms with van der Waals surface area (Å²) in [5.41, 5.74) is 1.67. The highest BCUT2D eigenvalue weighted by Gasteiger charge is 2.32. The Morgan fingerprint density at radius 2 is 1.62 bits per heavy atom. The summed E-state index contributed by atoms with van der Waals surface area (Å²) in [6, 6.07) is 6.72. The molecule has 0 radical (unpaired) electrons. The molecule has 2 aromatic carbocycles. The molecule has 0 bridgehead atoms. The highest BCUT2D eigenvalue weighted by atomic mass is 19.4. The van der Waals surface area contributed by atoms with Gasteiger partial charge in [0, 0.05) is 11.6 Å². The van der Waals surface area contributed by atoms with Crippen molar-refractivity contribution in [2.24, 2.45) is 0 Å². The number of halogens is 4. The van der Waals surface area contributed by atoms with Crippen LogP contribution in [0.15, 0.2) is 30.3 Å². The monoisotopic (exact) mass is 368 g/mol. The van der Waals surface area contributed by atoms with E-state index in [1.807, 2.05) is 27.7 Å². The highest BCUT2D eigenvalue weighted by Crippen LogP contribution is 2.41. The van der Waals surface area contributed by atoms with E-state index in [2.05, 4.69) is 0 Å². The fraction of sp³-hybridized carbons (Fsp3) is 0.429. The van der Waals surface area contributed by atoms with Crippen molar-refractivity contribution in [3.8, 4) is 16.9 Å². The highest BCUT2D eigenvalue weighted by molar-refractivity contribution is 5.75. The van der Waals surface area contributed by atoms with E-state index in [1.54, 1.807) is 6.07 Å². The number of methoxy groups -OCH3 is 1. The number of hydrogen-bond acceptors (Lipinski definition) is 1. The predicted octanol–water partition coefficient (Wildman–Crippen LogP) is 7.16. The largest absolute Gasteiger partial charge is 0.496 e. The lowest BCUT2D eigenvalue weighted by Crippen LogP contribution is -2.08. The van der Waals surface area contributed by atoms with Crippen LogP contribution in [0, 0.1) is 5.82 Å². The van der Waals surface area contributed by atoms with Crippen LogP contribution in [-0.4, -0.2) is 7.11 Å². The lowest BCUT2D eigenvalue weighted by molar-refractivity contribution is -0.137. The van der Waals surface area contributed by atoms with Crippen LogP contribution in [0.25, 0.3) is 11.1 Å². The standard InChI is InChI=1S/C21H24F4O/c1-6-13(4)17-9-14(21(23,24)25)7-8-15(17)18-10-16(12(2)3)19(22)11-20(18)26-5/h7-13H,6H2,1-5H3/t13-/m0/s1. The van der Waals surface area contributed by atoms with Crippen LogP contribution in [0.2, 0.25) is 0 Å². The van der Waals surface area contributed by atoms with Gasteiger partial charge in [-0.25, -0.2) is 4.39 Å². The Labute approximate surface area is 152 Å². The molecule has 0 aromatic heterocycles. The fourth-order valence-electron chi connectivity index (χ4n) is 3.01. The summed E-state index contributed by atoms with van der Waals surface area (Å²) in [6.07, 6.45) is -3.72. The molecule has 0 N–H and O–H groups in total. The van der Waals surface area contributed by atoms with Gasteiger partial charge in [-0.05, 0) is 53.1 Å². The second kappa shape index (κ2) is 7.68. The minimum atomic E-state index is -4.41. The fourth-order valence-corrected chi connectivity index (χ4v) is 3.01. The topological polar surface area (TPSA) is 9.23 Å². The number of hydrogen-bond donors (Lipinski definition) is 0.